The Hall–Kier alpha value is -1.40. The van der Waals surface area contributed by atoms with Crippen LogP contribution in [-0.2, 0) is 0 Å². The van der Waals surface area contributed by atoms with E-state index in [9.17, 15) is 13.6 Å². The number of alkyl halides is 2. The molecular weight excluding hydrogens is 302 g/mol. The molecule has 0 bridgehead atoms. The minimum atomic E-state index is -2.88. The maximum atomic E-state index is 12.1. The van der Waals surface area contributed by atoms with E-state index in [0.717, 1.165) is 0 Å². The molecule has 0 aliphatic heterocycles. The smallest absolute Gasteiger partial charge is 0.387 e. The van der Waals surface area contributed by atoms with E-state index in [0.29, 0.717) is 12.1 Å². The Morgan fingerprint density at radius 3 is 2.24 bits per heavy atom. The number of amides is 1. The molecule has 0 spiro atoms. The number of hydrogen-bond donors (Lipinski definition) is 2. The van der Waals surface area contributed by atoms with Gasteiger partial charge in [0.25, 0.3) is 5.91 Å². The molecule has 1 aromatic rings. The van der Waals surface area contributed by atoms with Crippen LogP contribution in [0, 0.1) is 5.92 Å². The summed E-state index contributed by atoms with van der Waals surface area (Å²) in [4.78, 5) is 12.1. The lowest BCUT2D eigenvalue weighted by Crippen LogP contribution is -2.55. The summed E-state index contributed by atoms with van der Waals surface area (Å²) in [5.74, 6) is -0.116. The summed E-state index contributed by atoms with van der Waals surface area (Å²) >= 11 is 0. The highest BCUT2D eigenvalue weighted by molar-refractivity contribution is 5.94. The van der Waals surface area contributed by atoms with Crippen molar-refractivity contribution in [1.29, 1.82) is 0 Å². The molecule has 0 saturated heterocycles. The molecule has 0 aliphatic carbocycles. The molecule has 3 N–H and O–H groups in total. The van der Waals surface area contributed by atoms with Gasteiger partial charge in [-0.05, 0) is 37.1 Å². The number of rotatable bonds is 6. The van der Waals surface area contributed by atoms with Crippen molar-refractivity contribution in [2.45, 2.75) is 32.9 Å². The van der Waals surface area contributed by atoms with Gasteiger partial charge in [0.05, 0.1) is 5.54 Å². The molecule has 1 rings (SSSR count). The van der Waals surface area contributed by atoms with Crippen molar-refractivity contribution in [2.75, 3.05) is 6.54 Å². The van der Waals surface area contributed by atoms with Gasteiger partial charge in [0.1, 0.15) is 5.75 Å². The van der Waals surface area contributed by atoms with E-state index in [1.54, 1.807) is 0 Å². The fraction of sp³-hybridized carbons (Fsp3) is 0.500. The first-order chi connectivity index (χ1) is 9.28. The molecule has 0 aromatic heterocycles. The van der Waals surface area contributed by atoms with Gasteiger partial charge in [-0.1, -0.05) is 13.8 Å². The molecule has 0 radical (unpaired) electrons. The molecule has 0 saturated carbocycles. The molecule has 1 atom stereocenters. The summed E-state index contributed by atoms with van der Waals surface area (Å²) in [7, 11) is 0. The van der Waals surface area contributed by atoms with Gasteiger partial charge in [0, 0.05) is 12.1 Å². The maximum absolute atomic E-state index is 12.1. The van der Waals surface area contributed by atoms with Crippen molar-refractivity contribution in [3.8, 4) is 5.75 Å². The highest BCUT2D eigenvalue weighted by Gasteiger charge is 2.28. The summed E-state index contributed by atoms with van der Waals surface area (Å²) in [6.45, 7) is 3.22. The minimum Gasteiger partial charge on any atom is -0.435 e. The van der Waals surface area contributed by atoms with Crippen LogP contribution >= 0.6 is 12.4 Å². The Bertz CT molecular complexity index is 455. The molecule has 120 valence electrons. The number of hydrogen-bond acceptors (Lipinski definition) is 3. The number of carbonyl (C=O) groups is 1. The Labute approximate surface area is 129 Å². The zero-order chi connectivity index (χ0) is 15.3. The van der Waals surface area contributed by atoms with Crippen molar-refractivity contribution < 1.29 is 18.3 Å². The quantitative estimate of drug-likeness (QED) is 0.846. The number of benzene rings is 1. The van der Waals surface area contributed by atoms with Crippen molar-refractivity contribution in [3.63, 3.8) is 0 Å². The third-order valence-electron chi connectivity index (χ3n) is 3.44. The topological polar surface area (TPSA) is 64.3 Å². The van der Waals surface area contributed by atoms with Crippen LogP contribution in [0.25, 0.3) is 0 Å². The second-order valence-corrected chi connectivity index (χ2v) is 5.13. The molecule has 7 heteroatoms. The predicted molar refractivity (Wildman–Crippen MR) is 80.1 cm³/mol. The largest absolute Gasteiger partial charge is 0.435 e. The van der Waals surface area contributed by atoms with Crippen LogP contribution in [0.5, 0.6) is 5.75 Å². The van der Waals surface area contributed by atoms with Crippen molar-refractivity contribution in [2.24, 2.45) is 11.7 Å². The van der Waals surface area contributed by atoms with Crippen LogP contribution in [0.15, 0.2) is 24.3 Å². The van der Waals surface area contributed by atoms with E-state index < -0.39 is 12.2 Å². The van der Waals surface area contributed by atoms with Crippen LogP contribution in [-0.4, -0.2) is 24.6 Å². The van der Waals surface area contributed by atoms with Gasteiger partial charge in [0.15, 0.2) is 0 Å². The van der Waals surface area contributed by atoms with Gasteiger partial charge in [-0.25, -0.2) is 0 Å². The lowest BCUT2D eigenvalue weighted by atomic mass is 9.88. The molecule has 0 aliphatic rings. The summed E-state index contributed by atoms with van der Waals surface area (Å²) in [6.07, 6.45) is 0. The third-order valence-corrected chi connectivity index (χ3v) is 3.44. The average Bonchev–Trinajstić information content (AvgIpc) is 2.38. The SMILES string of the molecule is CC(C)C(C)(CN)NC(=O)c1ccc(OC(F)F)cc1.Cl. The summed E-state index contributed by atoms with van der Waals surface area (Å²) in [5.41, 5.74) is 5.54. The Kier molecular flexibility index (Phi) is 7.60. The zero-order valence-corrected chi connectivity index (χ0v) is 13.0. The highest BCUT2D eigenvalue weighted by atomic mass is 35.5. The van der Waals surface area contributed by atoms with Gasteiger partial charge in [-0.3, -0.25) is 4.79 Å². The second-order valence-electron chi connectivity index (χ2n) is 5.13. The zero-order valence-electron chi connectivity index (χ0n) is 12.2. The molecule has 21 heavy (non-hydrogen) atoms. The van der Waals surface area contributed by atoms with E-state index >= 15 is 0 Å². The number of halogens is 3. The fourth-order valence-electron chi connectivity index (χ4n) is 1.55. The standard InChI is InChI=1S/C14H20F2N2O2.ClH/c1-9(2)14(3,8-17)18-12(19)10-4-6-11(7-5-10)20-13(15)16;/h4-7,9,13H,8,17H2,1-3H3,(H,18,19);1H. The lowest BCUT2D eigenvalue weighted by Gasteiger charge is -2.33. The number of nitrogens with one attached hydrogen (secondary N) is 1. The summed E-state index contributed by atoms with van der Waals surface area (Å²) in [6, 6.07) is 5.53. The number of ether oxygens (including phenoxy) is 1. The van der Waals surface area contributed by atoms with E-state index in [2.05, 4.69) is 10.1 Å². The molecule has 1 amide bonds. The van der Waals surface area contributed by atoms with Gasteiger partial charge < -0.3 is 15.8 Å². The Balaban J connectivity index is 0.00000400. The second kappa shape index (κ2) is 8.14. The van der Waals surface area contributed by atoms with Gasteiger partial charge >= 0.3 is 6.61 Å². The normalized spacial score (nSPS) is 13.5. The van der Waals surface area contributed by atoms with Crippen LogP contribution < -0.4 is 15.8 Å². The van der Waals surface area contributed by atoms with Crippen LogP contribution in [0.4, 0.5) is 8.78 Å². The highest BCUT2D eigenvalue weighted by Crippen LogP contribution is 2.18. The average molecular weight is 323 g/mol. The number of carbonyl (C=O) groups excluding carboxylic acids is 1. The molecule has 1 aromatic carbocycles. The molecular formula is C14H21ClF2N2O2. The fourth-order valence-corrected chi connectivity index (χ4v) is 1.55. The monoisotopic (exact) mass is 322 g/mol. The van der Waals surface area contributed by atoms with E-state index in [4.69, 9.17) is 5.73 Å². The maximum Gasteiger partial charge on any atom is 0.387 e. The van der Waals surface area contributed by atoms with E-state index in [1.807, 2.05) is 20.8 Å². The van der Waals surface area contributed by atoms with Crippen molar-refractivity contribution in [3.05, 3.63) is 29.8 Å². The molecule has 4 nitrogen and oxygen atoms in total. The first kappa shape index (κ1) is 19.6. The van der Waals surface area contributed by atoms with Gasteiger partial charge in [-0.15, -0.1) is 12.4 Å². The first-order valence-electron chi connectivity index (χ1n) is 6.36. The van der Waals surface area contributed by atoms with E-state index in [-0.39, 0.29) is 30.0 Å². The molecule has 0 fully saturated rings. The van der Waals surface area contributed by atoms with Crippen LogP contribution in [0.2, 0.25) is 0 Å². The lowest BCUT2D eigenvalue weighted by molar-refractivity contribution is -0.0498. The summed E-state index contributed by atoms with van der Waals surface area (Å²) in [5, 5.41) is 2.87. The van der Waals surface area contributed by atoms with Crippen molar-refractivity contribution >= 4 is 18.3 Å². The Morgan fingerprint density at radius 1 is 1.33 bits per heavy atom. The minimum absolute atomic E-state index is 0. The first-order valence-corrected chi connectivity index (χ1v) is 6.36. The van der Waals surface area contributed by atoms with Crippen molar-refractivity contribution in [1.82, 2.24) is 5.32 Å². The van der Waals surface area contributed by atoms with Crippen LogP contribution in [0.3, 0.4) is 0 Å². The third kappa shape index (κ3) is 5.47. The molecule has 1 unspecified atom stereocenters. The van der Waals surface area contributed by atoms with Gasteiger partial charge in [0.2, 0.25) is 0 Å². The number of nitrogens with two attached hydrogens (primary N) is 1. The van der Waals surface area contributed by atoms with E-state index in [1.165, 1.54) is 24.3 Å². The predicted octanol–water partition coefficient (Wildman–Crippen LogP) is 2.81. The Morgan fingerprint density at radius 2 is 1.86 bits per heavy atom. The van der Waals surface area contributed by atoms with Crippen LogP contribution in [0.1, 0.15) is 31.1 Å². The van der Waals surface area contributed by atoms with Gasteiger partial charge in [-0.2, -0.15) is 8.78 Å². The molecule has 0 heterocycles. The summed E-state index contributed by atoms with van der Waals surface area (Å²) < 4.78 is 28.3.